The fourth-order valence-electron chi connectivity index (χ4n) is 4.04. The van der Waals surface area contributed by atoms with E-state index >= 15 is 0 Å². The molecule has 0 fully saturated rings. The molecule has 38 heavy (non-hydrogen) atoms. The summed E-state index contributed by atoms with van der Waals surface area (Å²) < 4.78 is 61.9. The molecule has 0 saturated heterocycles. The van der Waals surface area contributed by atoms with Crippen LogP contribution in [0.25, 0.3) is 0 Å². The summed E-state index contributed by atoms with van der Waals surface area (Å²) >= 11 is 2.19. The standard InChI is InChI=1S/C24H29N3O7S4/c1-16-13-27(17(2)15-28)24(29)19-12-18(25-37(30,31)22-6-4-10-35-22)8-9-20(19)34-21(16)14-26(3)38(32,33)23-7-5-11-36-23/h4-12,16-17,21,25,28H,13-15H2,1-3H3/t16-,17+,21-/m0/s1. The van der Waals surface area contributed by atoms with Crippen LogP contribution in [0.1, 0.15) is 24.2 Å². The summed E-state index contributed by atoms with van der Waals surface area (Å²) in [6, 6.07) is 10.2. The van der Waals surface area contributed by atoms with Crippen LogP contribution >= 0.6 is 22.7 Å². The topological polar surface area (TPSA) is 133 Å². The zero-order chi connectivity index (χ0) is 27.7. The Morgan fingerprint density at radius 1 is 1.13 bits per heavy atom. The smallest absolute Gasteiger partial charge is 0.271 e. The number of benzene rings is 1. The predicted molar refractivity (Wildman–Crippen MR) is 147 cm³/mol. The molecule has 3 atom stereocenters. The fraction of sp³-hybridized carbons (Fsp3) is 0.375. The van der Waals surface area contributed by atoms with E-state index in [0.29, 0.717) is 0 Å². The van der Waals surface area contributed by atoms with Crippen LogP contribution in [0.3, 0.4) is 0 Å². The van der Waals surface area contributed by atoms with Gasteiger partial charge < -0.3 is 14.7 Å². The molecule has 3 aromatic rings. The molecule has 1 amide bonds. The number of aliphatic hydroxyl groups is 1. The van der Waals surface area contributed by atoms with Crippen molar-refractivity contribution in [1.29, 1.82) is 0 Å². The van der Waals surface area contributed by atoms with Crippen molar-refractivity contribution < 1.29 is 31.5 Å². The number of amides is 1. The molecule has 3 heterocycles. The summed E-state index contributed by atoms with van der Waals surface area (Å²) in [5, 5.41) is 13.2. The fourth-order valence-corrected chi connectivity index (χ4v) is 8.47. The van der Waals surface area contributed by atoms with Crippen molar-refractivity contribution in [1.82, 2.24) is 9.21 Å². The molecule has 2 aromatic heterocycles. The van der Waals surface area contributed by atoms with Gasteiger partial charge >= 0.3 is 0 Å². The van der Waals surface area contributed by atoms with Gasteiger partial charge in [0.2, 0.25) is 0 Å². The molecule has 0 unspecified atom stereocenters. The number of hydrogen-bond acceptors (Lipinski definition) is 9. The molecule has 1 aromatic carbocycles. The van der Waals surface area contributed by atoms with Crippen LogP contribution in [0, 0.1) is 5.92 Å². The second kappa shape index (κ2) is 11.3. The first-order chi connectivity index (χ1) is 17.9. The number of likely N-dealkylation sites (N-methyl/N-ethyl adjacent to an activating group) is 1. The van der Waals surface area contributed by atoms with Gasteiger partial charge in [-0.3, -0.25) is 9.52 Å². The first-order valence-corrected chi connectivity index (χ1v) is 16.4. The number of rotatable bonds is 9. The number of hydrogen-bond donors (Lipinski definition) is 2. The van der Waals surface area contributed by atoms with E-state index in [1.807, 2.05) is 6.92 Å². The Morgan fingerprint density at radius 2 is 1.79 bits per heavy atom. The van der Waals surface area contributed by atoms with Crippen molar-refractivity contribution in [3.05, 3.63) is 58.8 Å². The third-order valence-corrected chi connectivity index (χ3v) is 12.2. The van der Waals surface area contributed by atoms with E-state index in [-0.39, 0.29) is 51.0 Å². The average Bonchev–Trinajstić information content (AvgIpc) is 3.61. The minimum absolute atomic E-state index is 0.0170. The van der Waals surface area contributed by atoms with Crippen molar-refractivity contribution in [2.75, 3.05) is 31.5 Å². The molecule has 4 rings (SSSR count). The lowest BCUT2D eigenvalue weighted by Crippen LogP contribution is -2.50. The summed E-state index contributed by atoms with van der Waals surface area (Å²) in [4.78, 5) is 15.1. The number of thiophene rings is 2. The second-order valence-electron chi connectivity index (χ2n) is 9.09. The van der Waals surface area contributed by atoms with Gasteiger partial charge in [-0.1, -0.05) is 19.1 Å². The lowest BCUT2D eigenvalue weighted by molar-refractivity contribution is 0.0387. The van der Waals surface area contributed by atoms with Crippen LogP contribution in [-0.4, -0.2) is 75.9 Å². The molecule has 10 nitrogen and oxygen atoms in total. The maximum Gasteiger partial charge on any atom is 0.271 e. The normalized spacial score (nSPS) is 19.4. The summed E-state index contributed by atoms with van der Waals surface area (Å²) in [5.41, 5.74) is 0.283. The van der Waals surface area contributed by atoms with Crippen LogP contribution in [0.4, 0.5) is 5.69 Å². The largest absolute Gasteiger partial charge is 0.488 e. The van der Waals surface area contributed by atoms with E-state index in [0.717, 1.165) is 22.7 Å². The maximum atomic E-state index is 13.6. The number of aliphatic hydroxyl groups excluding tert-OH is 1. The van der Waals surface area contributed by atoms with Gasteiger partial charge in [-0.15, -0.1) is 22.7 Å². The number of carbonyl (C=O) groups is 1. The second-order valence-corrected chi connectivity index (χ2v) is 15.2. The van der Waals surface area contributed by atoms with Gasteiger partial charge in [0.1, 0.15) is 20.3 Å². The molecule has 14 heteroatoms. The van der Waals surface area contributed by atoms with Gasteiger partial charge in [0.15, 0.2) is 0 Å². The van der Waals surface area contributed by atoms with Crippen molar-refractivity contribution in [3.8, 4) is 5.75 Å². The maximum absolute atomic E-state index is 13.6. The van der Waals surface area contributed by atoms with Gasteiger partial charge in [-0.05, 0) is 48.0 Å². The van der Waals surface area contributed by atoms with E-state index in [4.69, 9.17) is 4.74 Å². The quantitative estimate of drug-likeness (QED) is 0.386. The Labute approximate surface area is 230 Å². The first-order valence-electron chi connectivity index (χ1n) is 11.7. The molecule has 206 valence electrons. The summed E-state index contributed by atoms with van der Waals surface area (Å²) in [7, 11) is -6.10. The van der Waals surface area contributed by atoms with Crippen LogP contribution in [0.2, 0.25) is 0 Å². The average molecular weight is 600 g/mol. The van der Waals surface area contributed by atoms with Crippen LogP contribution < -0.4 is 9.46 Å². The summed E-state index contributed by atoms with van der Waals surface area (Å²) in [6.45, 7) is 3.50. The lowest BCUT2D eigenvalue weighted by atomic mass is 9.99. The molecule has 0 bridgehead atoms. The molecule has 2 N–H and O–H groups in total. The van der Waals surface area contributed by atoms with Crippen molar-refractivity contribution in [2.45, 2.75) is 34.4 Å². The van der Waals surface area contributed by atoms with E-state index in [2.05, 4.69) is 4.72 Å². The zero-order valence-corrected chi connectivity index (χ0v) is 24.2. The predicted octanol–water partition coefficient (Wildman–Crippen LogP) is 3.15. The van der Waals surface area contributed by atoms with Crippen LogP contribution in [-0.2, 0) is 20.0 Å². The molecule has 0 saturated carbocycles. The first kappa shape index (κ1) is 28.5. The van der Waals surface area contributed by atoms with Crippen LogP contribution in [0.5, 0.6) is 5.75 Å². The molecule has 0 spiro atoms. The Bertz CT molecular complexity index is 1470. The van der Waals surface area contributed by atoms with Gasteiger partial charge in [0, 0.05) is 25.2 Å². The Balaban J connectivity index is 1.68. The van der Waals surface area contributed by atoms with Crippen molar-refractivity contribution in [2.24, 2.45) is 5.92 Å². The molecular weight excluding hydrogens is 571 g/mol. The summed E-state index contributed by atoms with van der Waals surface area (Å²) in [5.74, 6) is -0.523. The molecule has 0 aliphatic carbocycles. The van der Waals surface area contributed by atoms with Gasteiger partial charge in [-0.25, -0.2) is 16.8 Å². The monoisotopic (exact) mass is 599 g/mol. The molecule has 1 aliphatic rings. The van der Waals surface area contributed by atoms with E-state index in [1.165, 1.54) is 46.6 Å². The SMILES string of the molecule is C[C@H](CO)N1C[C@H](C)[C@H](CN(C)S(=O)(=O)c2cccs2)Oc2ccc(NS(=O)(=O)c3cccs3)cc2C1=O. The number of sulfonamides is 2. The number of nitrogens with one attached hydrogen (secondary N) is 1. The van der Waals surface area contributed by atoms with Crippen LogP contribution in [0.15, 0.2) is 61.6 Å². The molecular formula is C24H29N3O7S4. The number of nitrogens with zero attached hydrogens (tertiary/aromatic N) is 2. The Hall–Kier alpha value is -2.49. The number of ether oxygens (including phenoxy) is 1. The minimum Gasteiger partial charge on any atom is -0.488 e. The van der Waals surface area contributed by atoms with Crippen molar-refractivity contribution in [3.63, 3.8) is 0 Å². The Kier molecular flexibility index (Phi) is 8.49. The highest BCUT2D eigenvalue weighted by Gasteiger charge is 2.35. The van der Waals surface area contributed by atoms with Gasteiger partial charge in [0.25, 0.3) is 26.0 Å². The zero-order valence-electron chi connectivity index (χ0n) is 21.0. The van der Waals surface area contributed by atoms with E-state index in [1.54, 1.807) is 29.8 Å². The third-order valence-electron chi connectivity index (χ3n) is 6.27. The van der Waals surface area contributed by atoms with E-state index < -0.39 is 38.1 Å². The third kappa shape index (κ3) is 5.90. The molecule has 1 aliphatic heterocycles. The van der Waals surface area contributed by atoms with Gasteiger partial charge in [-0.2, -0.15) is 4.31 Å². The van der Waals surface area contributed by atoms with Gasteiger partial charge in [0.05, 0.1) is 24.8 Å². The van der Waals surface area contributed by atoms with E-state index in [9.17, 15) is 26.7 Å². The number of fused-ring (bicyclic) bond motifs is 1. The minimum atomic E-state index is -3.85. The highest BCUT2D eigenvalue weighted by Crippen LogP contribution is 2.32. The highest BCUT2D eigenvalue weighted by atomic mass is 32.3. The molecule has 0 radical (unpaired) electrons. The summed E-state index contributed by atoms with van der Waals surface area (Å²) in [6.07, 6.45) is -0.636. The number of carbonyl (C=O) groups excluding carboxylic acids is 1. The lowest BCUT2D eigenvalue weighted by Gasteiger charge is -2.38. The Morgan fingerprint density at radius 3 is 2.39 bits per heavy atom. The number of anilines is 1. The van der Waals surface area contributed by atoms with Crippen molar-refractivity contribution >= 4 is 54.3 Å². The highest BCUT2D eigenvalue weighted by molar-refractivity contribution is 7.94.